The molecule has 1 heteroatoms. The standard InChI is InChI=1S/C19H17Si/c1-20(18-11-3-2-4-12-18)15-14-17-10-7-9-16-8-5-6-13-19(16)17/h2-15H,1H3. The highest BCUT2D eigenvalue weighted by molar-refractivity contribution is 6.77. The SMILES string of the molecule is C[Si](C=Cc1cccc2ccccc12)c1ccccc1. The van der Waals surface area contributed by atoms with Crippen molar-refractivity contribution in [3.8, 4) is 0 Å². The van der Waals surface area contributed by atoms with Crippen LogP contribution in [0.5, 0.6) is 0 Å². The van der Waals surface area contributed by atoms with Crippen LogP contribution in [-0.2, 0) is 0 Å². The Hall–Kier alpha value is -2.12. The van der Waals surface area contributed by atoms with Crippen molar-refractivity contribution in [3.05, 3.63) is 84.1 Å². The monoisotopic (exact) mass is 273 g/mol. The summed E-state index contributed by atoms with van der Waals surface area (Å²) in [5.74, 6) is 0. The lowest BCUT2D eigenvalue weighted by Gasteiger charge is -2.05. The van der Waals surface area contributed by atoms with Crippen molar-refractivity contribution in [3.63, 3.8) is 0 Å². The molecule has 0 saturated carbocycles. The highest BCUT2D eigenvalue weighted by Crippen LogP contribution is 2.19. The third-order valence-corrected chi connectivity index (χ3v) is 5.48. The molecule has 0 unspecified atom stereocenters. The van der Waals surface area contributed by atoms with Crippen LogP contribution >= 0.6 is 0 Å². The van der Waals surface area contributed by atoms with Gasteiger partial charge in [-0.2, -0.15) is 0 Å². The van der Waals surface area contributed by atoms with Crippen LogP contribution in [0.4, 0.5) is 0 Å². The van der Waals surface area contributed by atoms with Crippen molar-refractivity contribution in [1.82, 2.24) is 0 Å². The van der Waals surface area contributed by atoms with E-state index in [4.69, 9.17) is 0 Å². The van der Waals surface area contributed by atoms with Crippen LogP contribution < -0.4 is 5.19 Å². The van der Waals surface area contributed by atoms with Gasteiger partial charge in [0.25, 0.3) is 0 Å². The molecular weight excluding hydrogens is 256 g/mol. The number of hydrogen-bond acceptors (Lipinski definition) is 0. The molecule has 0 aliphatic heterocycles. The topological polar surface area (TPSA) is 0 Å². The lowest BCUT2D eigenvalue weighted by molar-refractivity contribution is 1.71. The smallest absolute Gasteiger partial charge is 0.0910 e. The van der Waals surface area contributed by atoms with Gasteiger partial charge in [-0.25, -0.2) is 0 Å². The van der Waals surface area contributed by atoms with E-state index in [9.17, 15) is 0 Å². The third kappa shape index (κ3) is 2.73. The van der Waals surface area contributed by atoms with Gasteiger partial charge in [0.05, 0.1) is 0 Å². The minimum Gasteiger partial charge on any atom is -0.0910 e. The molecule has 3 aromatic carbocycles. The summed E-state index contributed by atoms with van der Waals surface area (Å²) in [6, 6.07) is 25.8. The Balaban J connectivity index is 1.91. The van der Waals surface area contributed by atoms with E-state index in [-0.39, 0.29) is 0 Å². The van der Waals surface area contributed by atoms with Crippen LogP contribution in [0.1, 0.15) is 5.56 Å². The Kier molecular flexibility index (Phi) is 3.80. The molecule has 0 heterocycles. The number of benzene rings is 3. The second-order valence-electron chi connectivity index (χ2n) is 4.95. The summed E-state index contributed by atoms with van der Waals surface area (Å²) in [6.45, 7) is 2.33. The lowest BCUT2D eigenvalue weighted by atomic mass is 10.1. The second kappa shape index (κ2) is 5.89. The first kappa shape index (κ1) is 12.9. The molecule has 97 valence electrons. The molecule has 0 fully saturated rings. The molecule has 0 N–H and O–H groups in total. The van der Waals surface area contributed by atoms with Gasteiger partial charge in [-0.05, 0) is 16.3 Å². The van der Waals surface area contributed by atoms with Crippen LogP contribution in [0.25, 0.3) is 16.8 Å². The van der Waals surface area contributed by atoms with E-state index in [1.807, 2.05) is 0 Å². The molecule has 0 bridgehead atoms. The van der Waals surface area contributed by atoms with Crippen molar-refractivity contribution in [2.75, 3.05) is 0 Å². The second-order valence-corrected chi connectivity index (χ2v) is 7.23. The normalized spacial score (nSPS) is 11.5. The van der Waals surface area contributed by atoms with Gasteiger partial charge in [0.15, 0.2) is 0 Å². The first-order valence-electron chi connectivity index (χ1n) is 6.89. The molecule has 3 aromatic rings. The van der Waals surface area contributed by atoms with Crippen molar-refractivity contribution in [1.29, 1.82) is 0 Å². The van der Waals surface area contributed by atoms with Crippen LogP contribution in [0, 0.1) is 0 Å². The van der Waals surface area contributed by atoms with Gasteiger partial charge in [0, 0.05) is 0 Å². The minimum atomic E-state index is -0.613. The highest BCUT2D eigenvalue weighted by atomic mass is 28.3. The van der Waals surface area contributed by atoms with Gasteiger partial charge in [-0.3, -0.25) is 0 Å². The van der Waals surface area contributed by atoms with Gasteiger partial charge in [-0.15, -0.1) is 0 Å². The lowest BCUT2D eigenvalue weighted by Crippen LogP contribution is -2.23. The maximum absolute atomic E-state index is 2.38. The van der Waals surface area contributed by atoms with Crippen molar-refractivity contribution >= 4 is 30.8 Å². The average Bonchev–Trinajstić information content (AvgIpc) is 2.53. The van der Waals surface area contributed by atoms with E-state index >= 15 is 0 Å². The maximum atomic E-state index is 2.38. The molecule has 0 nitrogen and oxygen atoms in total. The van der Waals surface area contributed by atoms with Gasteiger partial charge in [0.2, 0.25) is 0 Å². The van der Waals surface area contributed by atoms with E-state index in [1.54, 1.807) is 0 Å². The molecular formula is C19H17Si. The first-order valence-corrected chi connectivity index (χ1v) is 8.97. The van der Waals surface area contributed by atoms with E-state index < -0.39 is 8.80 Å². The Bertz CT molecular complexity index is 724. The summed E-state index contributed by atoms with van der Waals surface area (Å²) in [4.78, 5) is 0. The van der Waals surface area contributed by atoms with Gasteiger partial charge in [-0.1, -0.05) is 96.3 Å². The van der Waals surface area contributed by atoms with Crippen LogP contribution in [0.3, 0.4) is 0 Å². The molecule has 3 rings (SSSR count). The summed E-state index contributed by atoms with van der Waals surface area (Å²) in [6.07, 6.45) is 2.28. The van der Waals surface area contributed by atoms with Gasteiger partial charge >= 0.3 is 0 Å². The third-order valence-electron chi connectivity index (χ3n) is 3.57. The molecule has 0 amide bonds. The average molecular weight is 273 g/mol. The summed E-state index contributed by atoms with van der Waals surface area (Å²) in [7, 11) is -0.613. The minimum absolute atomic E-state index is 0.613. The molecule has 1 radical (unpaired) electrons. The zero-order chi connectivity index (χ0) is 13.8. The van der Waals surface area contributed by atoms with Crippen molar-refractivity contribution < 1.29 is 0 Å². The predicted molar refractivity (Wildman–Crippen MR) is 90.7 cm³/mol. The first-order chi connectivity index (χ1) is 9.84. The fourth-order valence-electron chi connectivity index (χ4n) is 2.41. The van der Waals surface area contributed by atoms with Crippen LogP contribution in [-0.4, -0.2) is 8.80 Å². The molecule has 0 aliphatic rings. The van der Waals surface area contributed by atoms with E-state index in [2.05, 4.69) is 91.1 Å². The fourth-order valence-corrected chi connectivity index (χ4v) is 3.75. The van der Waals surface area contributed by atoms with Crippen molar-refractivity contribution in [2.24, 2.45) is 0 Å². The van der Waals surface area contributed by atoms with Gasteiger partial charge in [0.1, 0.15) is 8.80 Å². The number of rotatable bonds is 3. The zero-order valence-electron chi connectivity index (χ0n) is 11.6. The van der Waals surface area contributed by atoms with Gasteiger partial charge < -0.3 is 0 Å². The summed E-state index contributed by atoms with van der Waals surface area (Å²) in [5.41, 5.74) is 3.69. The number of fused-ring (bicyclic) bond motifs is 1. The largest absolute Gasteiger partial charge is 0.109 e. The fraction of sp³-hybridized carbons (Fsp3) is 0.0526. The maximum Gasteiger partial charge on any atom is 0.109 e. The van der Waals surface area contributed by atoms with Crippen LogP contribution in [0.15, 0.2) is 78.5 Å². The van der Waals surface area contributed by atoms with E-state index in [0.717, 1.165) is 0 Å². The Morgan fingerprint density at radius 2 is 1.45 bits per heavy atom. The summed E-state index contributed by atoms with van der Waals surface area (Å²) < 4.78 is 0. The Morgan fingerprint density at radius 3 is 2.30 bits per heavy atom. The summed E-state index contributed by atoms with van der Waals surface area (Å²) in [5, 5.41) is 4.09. The van der Waals surface area contributed by atoms with E-state index in [0.29, 0.717) is 0 Å². The Labute approximate surface area is 122 Å². The molecule has 0 saturated heterocycles. The quantitative estimate of drug-likeness (QED) is 0.620. The summed E-state index contributed by atoms with van der Waals surface area (Å²) >= 11 is 0. The zero-order valence-corrected chi connectivity index (χ0v) is 12.6. The molecule has 0 atom stereocenters. The number of hydrogen-bond donors (Lipinski definition) is 0. The molecule has 0 spiro atoms. The van der Waals surface area contributed by atoms with Crippen molar-refractivity contribution in [2.45, 2.75) is 6.55 Å². The van der Waals surface area contributed by atoms with Crippen LogP contribution in [0.2, 0.25) is 6.55 Å². The highest BCUT2D eigenvalue weighted by Gasteiger charge is 2.03. The Morgan fingerprint density at radius 1 is 0.750 bits per heavy atom. The van der Waals surface area contributed by atoms with E-state index in [1.165, 1.54) is 21.5 Å². The predicted octanol–water partition coefficient (Wildman–Crippen LogP) is 4.42. The molecule has 0 aromatic heterocycles. The molecule has 20 heavy (non-hydrogen) atoms. The molecule has 0 aliphatic carbocycles.